The average Bonchev–Trinajstić information content (AvgIpc) is 3.17. The minimum absolute atomic E-state index is 0.132. The molecule has 140 valence electrons. The van der Waals surface area contributed by atoms with E-state index in [-0.39, 0.29) is 12.5 Å². The summed E-state index contributed by atoms with van der Waals surface area (Å²) in [5.74, 6) is 2.05. The highest BCUT2D eigenvalue weighted by Crippen LogP contribution is 2.18. The smallest absolute Gasteiger partial charge is 0.239 e. The number of hydrogen-bond donors (Lipinski definition) is 3. The van der Waals surface area contributed by atoms with Crippen LogP contribution >= 0.6 is 0 Å². The third kappa shape index (κ3) is 6.16. The van der Waals surface area contributed by atoms with E-state index in [2.05, 4.69) is 27.0 Å². The number of carbonyl (C=O) groups excluding carboxylic acids is 1. The molecule has 2 rings (SSSR count). The molecular weight excluding hydrogens is 332 g/mol. The second-order valence-corrected chi connectivity index (χ2v) is 5.76. The quantitative estimate of drug-likeness (QED) is 0.493. The zero-order chi connectivity index (χ0) is 18.8. The highest BCUT2D eigenvalue weighted by atomic mass is 16.5. The number of carbonyl (C=O) groups is 1. The Morgan fingerprint density at radius 3 is 2.77 bits per heavy atom. The number of aryl methyl sites for hydroxylation is 1. The van der Waals surface area contributed by atoms with Crippen LogP contribution in [0.2, 0.25) is 0 Å². The molecule has 0 atom stereocenters. The van der Waals surface area contributed by atoms with Crippen LogP contribution in [0, 0.1) is 6.92 Å². The number of rotatable bonds is 8. The van der Waals surface area contributed by atoms with E-state index < -0.39 is 0 Å². The number of amides is 1. The predicted molar refractivity (Wildman–Crippen MR) is 101 cm³/mol. The van der Waals surface area contributed by atoms with Gasteiger partial charge in [0.2, 0.25) is 5.91 Å². The van der Waals surface area contributed by atoms with Crippen molar-refractivity contribution in [2.45, 2.75) is 19.9 Å². The Hall–Kier alpha value is -2.96. The number of benzene rings is 1. The Bertz CT molecular complexity index is 726. The summed E-state index contributed by atoms with van der Waals surface area (Å²) in [5, 5.41) is 8.96. The molecule has 0 unspecified atom stereocenters. The van der Waals surface area contributed by atoms with Crippen molar-refractivity contribution in [1.82, 2.24) is 16.0 Å². The van der Waals surface area contributed by atoms with Crippen molar-refractivity contribution < 1.29 is 13.9 Å². The molecule has 1 amide bonds. The van der Waals surface area contributed by atoms with E-state index in [0.717, 1.165) is 23.5 Å². The van der Waals surface area contributed by atoms with Crippen molar-refractivity contribution in [3.63, 3.8) is 0 Å². The molecule has 0 bridgehead atoms. The highest BCUT2D eigenvalue weighted by Gasteiger charge is 2.05. The lowest BCUT2D eigenvalue weighted by atomic mass is 10.1. The van der Waals surface area contributed by atoms with Gasteiger partial charge in [-0.05, 0) is 42.7 Å². The maximum absolute atomic E-state index is 11.8. The fraction of sp³-hybridized carbons (Fsp3) is 0.368. The minimum atomic E-state index is -0.132. The molecule has 26 heavy (non-hydrogen) atoms. The van der Waals surface area contributed by atoms with Gasteiger partial charge in [0.1, 0.15) is 11.5 Å². The first-order chi connectivity index (χ1) is 12.6. The third-order valence-electron chi connectivity index (χ3n) is 3.86. The topological polar surface area (TPSA) is 87.9 Å². The van der Waals surface area contributed by atoms with Crippen molar-refractivity contribution in [3.05, 3.63) is 53.5 Å². The molecule has 0 spiro atoms. The van der Waals surface area contributed by atoms with Crippen LogP contribution in [0.3, 0.4) is 0 Å². The fourth-order valence-electron chi connectivity index (χ4n) is 2.39. The number of ether oxygens (including phenoxy) is 1. The molecule has 0 saturated heterocycles. The largest absolute Gasteiger partial charge is 0.496 e. The van der Waals surface area contributed by atoms with E-state index in [1.54, 1.807) is 26.5 Å². The van der Waals surface area contributed by atoms with Crippen LogP contribution in [0.1, 0.15) is 16.9 Å². The number of methoxy groups -OCH3 is 1. The lowest BCUT2D eigenvalue weighted by molar-refractivity contribution is -0.120. The van der Waals surface area contributed by atoms with Crippen molar-refractivity contribution in [2.24, 2.45) is 4.99 Å². The summed E-state index contributed by atoms with van der Waals surface area (Å²) in [6, 6.07) is 9.76. The van der Waals surface area contributed by atoms with Gasteiger partial charge in [-0.2, -0.15) is 0 Å². The molecule has 0 saturated carbocycles. The standard InChI is InChI=1S/C19H26N4O3/c1-14-6-7-15(11-17(14)25-3)8-9-21-19(20-2)23-13-18(24)22-12-16-5-4-10-26-16/h4-7,10-11H,8-9,12-13H2,1-3H3,(H,22,24)(H2,20,21,23). The SMILES string of the molecule is CN=C(NCCc1ccc(C)c(OC)c1)NCC(=O)NCc1ccco1. The van der Waals surface area contributed by atoms with Gasteiger partial charge in [0, 0.05) is 13.6 Å². The molecular formula is C19H26N4O3. The maximum Gasteiger partial charge on any atom is 0.239 e. The van der Waals surface area contributed by atoms with Crippen LogP contribution in [0.4, 0.5) is 0 Å². The number of aliphatic imine (C=N–C) groups is 1. The Balaban J connectivity index is 1.69. The highest BCUT2D eigenvalue weighted by molar-refractivity contribution is 5.86. The van der Waals surface area contributed by atoms with Crippen LogP contribution in [-0.4, -0.2) is 39.1 Å². The van der Waals surface area contributed by atoms with Crippen LogP contribution in [-0.2, 0) is 17.8 Å². The number of nitrogens with one attached hydrogen (secondary N) is 3. The number of hydrogen-bond acceptors (Lipinski definition) is 4. The number of guanidine groups is 1. The number of nitrogens with zero attached hydrogens (tertiary/aromatic N) is 1. The summed E-state index contributed by atoms with van der Waals surface area (Å²) in [6.07, 6.45) is 2.40. The van der Waals surface area contributed by atoms with Crippen molar-refractivity contribution in [1.29, 1.82) is 0 Å². The van der Waals surface area contributed by atoms with E-state index in [1.165, 1.54) is 5.56 Å². The Labute approximate surface area is 153 Å². The molecule has 0 fully saturated rings. The summed E-state index contributed by atoms with van der Waals surface area (Å²) in [6.45, 7) is 3.22. The Morgan fingerprint density at radius 1 is 1.23 bits per heavy atom. The second-order valence-electron chi connectivity index (χ2n) is 5.76. The molecule has 0 aliphatic heterocycles. The van der Waals surface area contributed by atoms with E-state index >= 15 is 0 Å². The molecule has 0 aliphatic rings. The molecule has 0 radical (unpaired) electrons. The van der Waals surface area contributed by atoms with Gasteiger partial charge in [-0.15, -0.1) is 0 Å². The van der Waals surface area contributed by atoms with E-state index in [9.17, 15) is 4.79 Å². The van der Waals surface area contributed by atoms with Gasteiger partial charge in [-0.25, -0.2) is 0 Å². The molecule has 2 aromatic rings. The van der Waals surface area contributed by atoms with Crippen LogP contribution < -0.4 is 20.7 Å². The van der Waals surface area contributed by atoms with Gasteiger partial charge in [-0.1, -0.05) is 12.1 Å². The first-order valence-electron chi connectivity index (χ1n) is 8.49. The lowest BCUT2D eigenvalue weighted by Gasteiger charge is -2.12. The molecule has 7 heteroatoms. The summed E-state index contributed by atoms with van der Waals surface area (Å²) in [7, 11) is 3.35. The van der Waals surface area contributed by atoms with Gasteiger partial charge in [-0.3, -0.25) is 9.79 Å². The van der Waals surface area contributed by atoms with E-state index in [4.69, 9.17) is 9.15 Å². The van der Waals surface area contributed by atoms with Gasteiger partial charge >= 0.3 is 0 Å². The Morgan fingerprint density at radius 2 is 2.08 bits per heavy atom. The van der Waals surface area contributed by atoms with Crippen molar-refractivity contribution in [3.8, 4) is 5.75 Å². The third-order valence-corrected chi connectivity index (χ3v) is 3.86. The molecule has 7 nitrogen and oxygen atoms in total. The average molecular weight is 358 g/mol. The molecule has 1 aromatic heterocycles. The number of furan rings is 1. The van der Waals surface area contributed by atoms with E-state index in [0.29, 0.717) is 19.0 Å². The van der Waals surface area contributed by atoms with Crippen LogP contribution in [0.15, 0.2) is 46.0 Å². The van der Waals surface area contributed by atoms with Crippen LogP contribution in [0.25, 0.3) is 0 Å². The molecule has 3 N–H and O–H groups in total. The molecule has 1 heterocycles. The van der Waals surface area contributed by atoms with Crippen molar-refractivity contribution >= 4 is 11.9 Å². The van der Waals surface area contributed by atoms with Gasteiger partial charge in [0.25, 0.3) is 0 Å². The maximum atomic E-state index is 11.8. The zero-order valence-electron chi connectivity index (χ0n) is 15.5. The van der Waals surface area contributed by atoms with Crippen molar-refractivity contribution in [2.75, 3.05) is 27.2 Å². The lowest BCUT2D eigenvalue weighted by Crippen LogP contribution is -2.43. The predicted octanol–water partition coefficient (Wildman–Crippen LogP) is 1.62. The zero-order valence-corrected chi connectivity index (χ0v) is 15.5. The first kappa shape index (κ1) is 19.4. The minimum Gasteiger partial charge on any atom is -0.496 e. The summed E-state index contributed by atoms with van der Waals surface area (Å²) in [5.41, 5.74) is 2.29. The van der Waals surface area contributed by atoms with Gasteiger partial charge in [0.05, 0.1) is 26.5 Å². The molecule has 1 aromatic carbocycles. The first-order valence-corrected chi connectivity index (χ1v) is 8.49. The van der Waals surface area contributed by atoms with E-state index in [1.807, 2.05) is 25.1 Å². The summed E-state index contributed by atoms with van der Waals surface area (Å²) >= 11 is 0. The Kier molecular flexibility index (Phi) is 7.54. The molecule has 0 aliphatic carbocycles. The van der Waals surface area contributed by atoms with Gasteiger partial charge in [0.15, 0.2) is 5.96 Å². The van der Waals surface area contributed by atoms with Gasteiger partial charge < -0.3 is 25.1 Å². The monoisotopic (exact) mass is 358 g/mol. The van der Waals surface area contributed by atoms with Crippen LogP contribution in [0.5, 0.6) is 5.75 Å². The normalized spacial score (nSPS) is 11.1. The fourth-order valence-corrected chi connectivity index (χ4v) is 2.39. The summed E-state index contributed by atoms with van der Waals surface area (Å²) < 4.78 is 10.5. The summed E-state index contributed by atoms with van der Waals surface area (Å²) in [4.78, 5) is 16.0. The second kappa shape index (κ2) is 10.1.